The maximum atomic E-state index is 5.64. The minimum atomic E-state index is 0.698. The smallest absolute Gasteiger partial charge is 0.164 e. The number of likely N-dealkylation sites (tertiary alicyclic amines) is 1. The maximum Gasteiger partial charge on any atom is 0.164 e. The standard InChI is InChI=1S/C27H32N6OS/c1-31(2)20-7-9-32(10-8-20)18-21-15-24-25(35-21)27(33-11-13-34-14-12-33)30-26(29-24)23-17-28-16-19-5-3-4-6-22(19)23/h3-6,15-17,20H,7-14,18H2,1-2H3. The highest BCUT2D eigenvalue weighted by Crippen LogP contribution is 2.36. The van der Waals surface area contributed by atoms with E-state index in [4.69, 9.17) is 14.7 Å². The summed E-state index contributed by atoms with van der Waals surface area (Å²) in [5.74, 6) is 1.78. The van der Waals surface area contributed by atoms with Crippen LogP contribution < -0.4 is 4.90 Å². The molecule has 8 heteroatoms. The first-order valence-corrected chi connectivity index (χ1v) is 13.3. The molecule has 0 aliphatic carbocycles. The Labute approximate surface area is 210 Å². The number of hydrogen-bond acceptors (Lipinski definition) is 8. The summed E-state index contributed by atoms with van der Waals surface area (Å²) in [5.41, 5.74) is 2.02. The number of piperidine rings is 1. The van der Waals surface area contributed by atoms with Crippen molar-refractivity contribution in [2.75, 3.05) is 58.4 Å². The Morgan fingerprint density at radius 3 is 2.63 bits per heavy atom. The number of benzene rings is 1. The summed E-state index contributed by atoms with van der Waals surface area (Å²) in [6.07, 6.45) is 6.26. The van der Waals surface area contributed by atoms with Gasteiger partial charge in [0.05, 0.1) is 23.4 Å². The van der Waals surface area contributed by atoms with Crippen molar-refractivity contribution in [3.63, 3.8) is 0 Å². The molecule has 35 heavy (non-hydrogen) atoms. The number of pyridine rings is 1. The monoisotopic (exact) mass is 488 g/mol. The first kappa shape index (κ1) is 22.8. The molecule has 0 amide bonds. The SMILES string of the molecule is CN(C)C1CCN(Cc2cc3nc(-c4cncc5ccccc45)nc(N4CCOCC4)c3s2)CC1. The molecule has 0 spiro atoms. The van der Waals surface area contributed by atoms with Gasteiger partial charge in [0.2, 0.25) is 0 Å². The minimum absolute atomic E-state index is 0.698. The number of fused-ring (bicyclic) bond motifs is 2. The first-order chi connectivity index (χ1) is 17.2. The van der Waals surface area contributed by atoms with E-state index in [2.05, 4.69) is 58.0 Å². The second-order valence-corrected chi connectivity index (χ2v) is 10.9. The molecule has 2 fully saturated rings. The minimum Gasteiger partial charge on any atom is -0.378 e. The quantitative estimate of drug-likeness (QED) is 0.416. The molecule has 4 aromatic rings. The number of morpholine rings is 1. The van der Waals surface area contributed by atoms with Crippen LogP contribution in [0.25, 0.3) is 32.4 Å². The average Bonchev–Trinajstić information content (AvgIpc) is 3.31. The van der Waals surface area contributed by atoms with E-state index in [0.29, 0.717) is 6.04 Å². The highest BCUT2D eigenvalue weighted by atomic mass is 32.1. The number of hydrogen-bond donors (Lipinski definition) is 0. The molecule has 0 bridgehead atoms. The van der Waals surface area contributed by atoms with Gasteiger partial charge >= 0.3 is 0 Å². The van der Waals surface area contributed by atoms with E-state index in [-0.39, 0.29) is 0 Å². The fraction of sp³-hybridized carbons (Fsp3) is 0.444. The van der Waals surface area contributed by atoms with Gasteiger partial charge in [-0.1, -0.05) is 24.3 Å². The summed E-state index contributed by atoms with van der Waals surface area (Å²) in [6.45, 7) is 6.44. The molecule has 0 radical (unpaired) electrons. The highest BCUT2D eigenvalue weighted by Gasteiger charge is 2.24. The number of rotatable bonds is 5. The van der Waals surface area contributed by atoms with Gasteiger partial charge in [0.15, 0.2) is 11.6 Å². The van der Waals surface area contributed by atoms with Gasteiger partial charge in [0, 0.05) is 67.0 Å². The van der Waals surface area contributed by atoms with Crippen LogP contribution in [0.3, 0.4) is 0 Å². The summed E-state index contributed by atoms with van der Waals surface area (Å²) >= 11 is 1.85. The van der Waals surface area contributed by atoms with Crippen LogP contribution in [0.4, 0.5) is 5.82 Å². The normalized spacial score (nSPS) is 18.2. The Kier molecular flexibility index (Phi) is 6.37. The molecule has 5 heterocycles. The van der Waals surface area contributed by atoms with Gasteiger partial charge in [-0.3, -0.25) is 9.88 Å². The van der Waals surface area contributed by atoms with Crippen LogP contribution in [0.1, 0.15) is 17.7 Å². The number of thiophene rings is 1. The number of ether oxygens (including phenoxy) is 1. The highest BCUT2D eigenvalue weighted by molar-refractivity contribution is 7.19. The predicted octanol–water partition coefficient (Wildman–Crippen LogP) is 4.27. The Bertz CT molecular complexity index is 1320. The molecule has 0 unspecified atom stereocenters. The van der Waals surface area contributed by atoms with Crippen LogP contribution in [-0.4, -0.2) is 84.3 Å². The first-order valence-electron chi connectivity index (χ1n) is 12.5. The zero-order valence-corrected chi connectivity index (χ0v) is 21.3. The molecule has 0 N–H and O–H groups in total. The maximum absolute atomic E-state index is 5.64. The van der Waals surface area contributed by atoms with Gasteiger partial charge in [-0.05, 0) is 38.4 Å². The van der Waals surface area contributed by atoms with Gasteiger partial charge in [-0.2, -0.15) is 0 Å². The van der Waals surface area contributed by atoms with E-state index in [1.807, 2.05) is 29.8 Å². The topological polar surface area (TPSA) is 57.6 Å². The van der Waals surface area contributed by atoms with E-state index in [0.717, 1.165) is 79.4 Å². The van der Waals surface area contributed by atoms with Gasteiger partial charge in [-0.15, -0.1) is 11.3 Å². The lowest BCUT2D eigenvalue weighted by Crippen LogP contribution is -2.41. The zero-order valence-electron chi connectivity index (χ0n) is 20.5. The molecule has 182 valence electrons. The summed E-state index contributed by atoms with van der Waals surface area (Å²) in [7, 11) is 4.39. The summed E-state index contributed by atoms with van der Waals surface area (Å²) in [4.78, 5) is 23.4. The van der Waals surface area contributed by atoms with E-state index in [9.17, 15) is 0 Å². The van der Waals surface area contributed by atoms with E-state index in [1.54, 1.807) is 0 Å². The molecule has 7 nitrogen and oxygen atoms in total. The fourth-order valence-corrected chi connectivity index (χ4v) is 6.42. The van der Waals surface area contributed by atoms with E-state index >= 15 is 0 Å². The molecule has 2 saturated heterocycles. The Balaban J connectivity index is 1.38. The molecule has 3 aromatic heterocycles. The molecule has 2 aliphatic rings. The van der Waals surface area contributed by atoms with Crippen LogP contribution in [0.2, 0.25) is 0 Å². The van der Waals surface area contributed by atoms with Crippen LogP contribution >= 0.6 is 11.3 Å². The van der Waals surface area contributed by atoms with Crippen LogP contribution in [-0.2, 0) is 11.3 Å². The van der Waals surface area contributed by atoms with Crippen molar-refractivity contribution in [2.45, 2.75) is 25.4 Å². The van der Waals surface area contributed by atoms with Crippen molar-refractivity contribution in [1.82, 2.24) is 24.8 Å². The third-order valence-corrected chi connectivity index (χ3v) is 8.40. The Hall–Kier alpha value is -2.65. The predicted molar refractivity (Wildman–Crippen MR) is 143 cm³/mol. The average molecular weight is 489 g/mol. The number of aromatic nitrogens is 3. The molecule has 1 aromatic carbocycles. The number of nitrogens with zero attached hydrogens (tertiary/aromatic N) is 6. The number of anilines is 1. The largest absolute Gasteiger partial charge is 0.378 e. The van der Waals surface area contributed by atoms with Crippen LogP contribution in [0.5, 0.6) is 0 Å². The lowest BCUT2D eigenvalue weighted by molar-refractivity contribution is 0.122. The van der Waals surface area contributed by atoms with Crippen molar-refractivity contribution in [3.8, 4) is 11.4 Å². The van der Waals surface area contributed by atoms with E-state index in [1.165, 1.54) is 22.4 Å². The van der Waals surface area contributed by atoms with Crippen LogP contribution in [0, 0.1) is 0 Å². The second-order valence-electron chi connectivity index (χ2n) is 9.78. The van der Waals surface area contributed by atoms with Gasteiger partial charge < -0.3 is 14.5 Å². The fourth-order valence-electron chi connectivity index (χ4n) is 5.26. The second kappa shape index (κ2) is 9.78. The molecule has 0 atom stereocenters. The van der Waals surface area contributed by atoms with Crippen molar-refractivity contribution < 1.29 is 4.74 Å². The molecular weight excluding hydrogens is 456 g/mol. The third kappa shape index (κ3) is 4.63. The van der Waals surface area contributed by atoms with Gasteiger partial charge in [0.25, 0.3) is 0 Å². The van der Waals surface area contributed by atoms with Crippen molar-refractivity contribution in [3.05, 3.63) is 47.6 Å². The molecule has 6 rings (SSSR count). The summed E-state index contributed by atoms with van der Waals surface area (Å²) in [5, 5.41) is 2.24. The Morgan fingerprint density at radius 1 is 1.03 bits per heavy atom. The Morgan fingerprint density at radius 2 is 1.83 bits per heavy atom. The van der Waals surface area contributed by atoms with Crippen molar-refractivity contribution in [1.29, 1.82) is 0 Å². The molecular formula is C27H32N6OS. The lowest BCUT2D eigenvalue weighted by atomic mass is 10.0. The van der Waals surface area contributed by atoms with Gasteiger partial charge in [0.1, 0.15) is 0 Å². The van der Waals surface area contributed by atoms with E-state index < -0.39 is 0 Å². The third-order valence-electron chi connectivity index (χ3n) is 7.29. The summed E-state index contributed by atoms with van der Waals surface area (Å²) in [6, 6.07) is 11.3. The van der Waals surface area contributed by atoms with Crippen molar-refractivity contribution >= 4 is 38.1 Å². The lowest BCUT2D eigenvalue weighted by Gasteiger charge is -2.34. The summed E-state index contributed by atoms with van der Waals surface area (Å²) < 4.78 is 6.82. The van der Waals surface area contributed by atoms with Gasteiger partial charge in [-0.25, -0.2) is 9.97 Å². The van der Waals surface area contributed by atoms with Crippen molar-refractivity contribution in [2.24, 2.45) is 0 Å². The van der Waals surface area contributed by atoms with Crippen LogP contribution in [0.15, 0.2) is 42.7 Å². The molecule has 2 aliphatic heterocycles. The zero-order chi connectivity index (χ0) is 23.8. The molecule has 0 saturated carbocycles.